The predicted octanol–water partition coefficient (Wildman–Crippen LogP) is 4.63. The summed E-state index contributed by atoms with van der Waals surface area (Å²) in [6.45, 7) is 9.16. The molecule has 0 saturated heterocycles. The number of rotatable bonds is 8. The van der Waals surface area contributed by atoms with Crippen molar-refractivity contribution in [3.8, 4) is 5.75 Å². The molecule has 5 heteroatoms. The molecule has 3 rings (SSSR count). The number of carbonyl (C=O) groups is 2. The number of anilines is 1. The fourth-order valence-electron chi connectivity index (χ4n) is 3.15. The van der Waals surface area contributed by atoms with Crippen LogP contribution in [0.15, 0.2) is 54.2 Å². The van der Waals surface area contributed by atoms with E-state index in [0.29, 0.717) is 42.3 Å². The molecule has 29 heavy (non-hydrogen) atoms. The van der Waals surface area contributed by atoms with Crippen LogP contribution in [0.1, 0.15) is 38.3 Å². The molecule has 1 heterocycles. The van der Waals surface area contributed by atoms with Crippen LogP contribution in [-0.4, -0.2) is 29.9 Å². The highest BCUT2D eigenvalue weighted by atomic mass is 16.5. The lowest BCUT2D eigenvalue weighted by Crippen LogP contribution is -2.33. The van der Waals surface area contributed by atoms with Gasteiger partial charge < -0.3 is 10.1 Å². The summed E-state index contributed by atoms with van der Waals surface area (Å²) in [5.74, 6) is 0.632. The molecule has 0 bridgehead atoms. The second-order valence-electron chi connectivity index (χ2n) is 7.73. The molecule has 1 N–H and O–H groups in total. The number of nitrogens with zero attached hydrogens (tertiary/aromatic N) is 1. The third-order valence-electron chi connectivity index (χ3n) is 4.66. The highest BCUT2D eigenvalue weighted by molar-refractivity contribution is 6.36. The van der Waals surface area contributed by atoms with Crippen LogP contribution >= 0.6 is 0 Å². The Morgan fingerprint density at radius 1 is 0.966 bits per heavy atom. The molecule has 2 aromatic carbocycles. The van der Waals surface area contributed by atoms with Crippen molar-refractivity contribution in [2.24, 2.45) is 5.92 Å². The summed E-state index contributed by atoms with van der Waals surface area (Å²) in [6, 6.07) is 15.1. The van der Waals surface area contributed by atoms with Crippen molar-refractivity contribution in [1.82, 2.24) is 4.90 Å². The number of carbonyl (C=O) groups excluding carboxylic acids is 2. The van der Waals surface area contributed by atoms with E-state index in [1.165, 1.54) is 4.90 Å². The van der Waals surface area contributed by atoms with Gasteiger partial charge >= 0.3 is 0 Å². The third-order valence-corrected chi connectivity index (χ3v) is 4.66. The molecule has 0 atom stereocenters. The van der Waals surface area contributed by atoms with E-state index in [1.807, 2.05) is 62.4 Å². The topological polar surface area (TPSA) is 58.6 Å². The van der Waals surface area contributed by atoms with Crippen LogP contribution in [0.3, 0.4) is 0 Å². The minimum absolute atomic E-state index is 0.262. The Bertz CT molecular complexity index is 912. The molecular formula is C24H28N2O3. The number of ether oxygens (including phenoxy) is 1. The molecule has 0 aromatic heterocycles. The van der Waals surface area contributed by atoms with Gasteiger partial charge in [0, 0.05) is 12.2 Å². The van der Waals surface area contributed by atoms with E-state index in [4.69, 9.17) is 4.74 Å². The number of hydrogen-bond acceptors (Lipinski definition) is 4. The molecule has 5 nitrogen and oxygen atoms in total. The lowest BCUT2D eigenvalue weighted by atomic mass is 10.0. The minimum atomic E-state index is -0.285. The molecule has 0 radical (unpaired) electrons. The Balaban J connectivity index is 1.95. The second kappa shape index (κ2) is 8.95. The van der Waals surface area contributed by atoms with E-state index in [2.05, 4.69) is 19.2 Å². The van der Waals surface area contributed by atoms with E-state index in [1.54, 1.807) is 0 Å². The molecule has 0 fully saturated rings. The molecule has 0 unspecified atom stereocenters. The van der Waals surface area contributed by atoms with Gasteiger partial charge in [0.15, 0.2) is 0 Å². The average Bonchev–Trinajstić information content (AvgIpc) is 2.93. The monoisotopic (exact) mass is 392 g/mol. The number of aryl methyl sites for hydroxylation is 1. The van der Waals surface area contributed by atoms with Gasteiger partial charge in [0.1, 0.15) is 11.4 Å². The molecule has 2 aromatic rings. The number of nitrogens with one attached hydrogen (secondary N) is 1. The normalized spacial score (nSPS) is 14.2. The van der Waals surface area contributed by atoms with Gasteiger partial charge in [-0.15, -0.1) is 0 Å². The summed E-state index contributed by atoms with van der Waals surface area (Å²) < 4.78 is 5.73. The maximum Gasteiger partial charge on any atom is 0.278 e. The van der Waals surface area contributed by atoms with E-state index in [-0.39, 0.29) is 11.8 Å². The van der Waals surface area contributed by atoms with Crippen LogP contribution in [0, 0.1) is 12.8 Å². The largest absolute Gasteiger partial charge is 0.493 e. The van der Waals surface area contributed by atoms with E-state index >= 15 is 0 Å². The van der Waals surface area contributed by atoms with Crippen molar-refractivity contribution in [2.45, 2.75) is 34.1 Å². The SMILES string of the molecule is CCCN1C(=O)C(Nc2ccc(C)cc2)=C(c2ccc(OCC(C)C)cc2)C1=O. The van der Waals surface area contributed by atoms with Crippen molar-refractivity contribution in [1.29, 1.82) is 0 Å². The van der Waals surface area contributed by atoms with E-state index in [0.717, 1.165) is 17.0 Å². The standard InChI is InChI=1S/C24H28N2O3/c1-5-14-26-23(27)21(18-8-12-20(13-9-18)29-15-16(2)3)22(24(26)28)25-19-10-6-17(4)7-11-19/h6-13,16,25H,5,14-15H2,1-4H3. The Morgan fingerprint density at radius 3 is 2.21 bits per heavy atom. The number of imide groups is 1. The molecule has 152 valence electrons. The molecule has 0 aliphatic carbocycles. The first-order chi connectivity index (χ1) is 13.9. The first-order valence-electron chi connectivity index (χ1n) is 10.1. The first-order valence-corrected chi connectivity index (χ1v) is 10.1. The van der Waals surface area contributed by atoms with Gasteiger partial charge in [-0.05, 0) is 49.1 Å². The Labute approximate surface area is 172 Å². The van der Waals surface area contributed by atoms with Crippen LogP contribution in [0.25, 0.3) is 5.57 Å². The lowest BCUT2D eigenvalue weighted by Gasteiger charge is -2.13. The first kappa shape index (κ1) is 20.6. The quantitative estimate of drug-likeness (QED) is 0.666. The fraction of sp³-hybridized carbons (Fsp3) is 0.333. The fourth-order valence-corrected chi connectivity index (χ4v) is 3.15. The summed E-state index contributed by atoms with van der Waals surface area (Å²) in [5.41, 5.74) is 3.33. The van der Waals surface area contributed by atoms with Gasteiger partial charge in [0.05, 0.1) is 12.2 Å². The number of hydrogen-bond donors (Lipinski definition) is 1. The molecule has 1 aliphatic heterocycles. The van der Waals surface area contributed by atoms with Gasteiger partial charge in [0.25, 0.3) is 11.8 Å². The zero-order chi connectivity index (χ0) is 21.0. The van der Waals surface area contributed by atoms with Crippen LogP contribution in [0.4, 0.5) is 5.69 Å². The Morgan fingerprint density at radius 2 is 1.62 bits per heavy atom. The van der Waals surface area contributed by atoms with Crippen LogP contribution in [0.5, 0.6) is 5.75 Å². The second-order valence-corrected chi connectivity index (χ2v) is 7.73. The van der Waals surface area contributed by atoms with Gasteiger partial charge in [0.2, 0.25) is 0 Å². The predicted molar refractivity (Wildman–Crippen MR) is 116 cm³/mol. The molecular weight excluding hydrogens is 364 g/mol. The van der Waals surface area contributed by atoms with Gasteiger partial charge in [-0.3, -0.25) is 14.5 Å². The lowest BCUT2D eigenvalue weighted by molar-refractivity contribution is -0.136. The highest BCUT2D eigenvalue weighted by Crippen LogP contribution is 2.31. The van der Waals surface area contributed by atoms with Gasteiger partial charge in [-0.1, -0.05) is 50.6 Å². The van der Waals surface area contributed by atoms with E-state index < -0.39 is 0 Å². The average molecular weight is 392 g/mol. The highest BCUT2D eigenvalue weighted by Gasteiger charge is 2.38. The van der Waals surface area contributed by atoms with Crippen LogP contribution in [0.2, 0.25) is 0 Å². The van der Waals surface area contributed by atoms with E-state index in [9.17, 15) is 9.59 Å². The van der Waals surface area contributed by atoms with Gasteiger partial charge in [-0.2, -0.15) is 0 Å². The smallest absolute Gasteiger partial charge is 0.278 e. The van der Waals surface area contributed by atoms with Gasteiger partial charge in [-0.25, -0.2) is 0 Å². The van der Waals surface area contributed by atoms with Crippen molar-refractivity contribution < 1.29 is 14.3 Å². The molecule has 2 amide bonds. The Hall–Kier alpha value is -3.08. The zero-order valence-corrected chi connectivity index (χ0v) is 17.5. The van der Waals surface area contributed by atoms with Crippen molar-refractivity contribution in [3.05, 3.63) is 65.4 Å². The zero-order valence-electron chi connectivity index (χ0n) is 17.5. The summed E-state index contributed by atoms with van der Waals surface area (Å²) in [5, 5.41) is 3.18. The summed E-state index contributed by atoms with van der Waals surface area (Å²) in [4.78, 5) is 27.3. The molecule has 1 aliphatic rings. The van der Waals surface area contributed by atoms with Crippen LogP contribution in [-0.2, 0) is 9.59 Å². The van der Waals surface area contributed by atoms with Crippen molar-refractivity contribution in [3.63, 3.8) is 0 Å². The Kier molecular flexibility index (Phi) is 6.37. The third kappa shape index (κ3) is 4.67. The van der Waals surface area contributed by atoms with Crippen molar-refractivity contribution in [2.75, 3.05) is 18.5 Å². The molecule has 0 saturated carbocycles. The maximum atomic E-state index is 13.0. The summed E-state index contributed by atoms with van der Waals surface area (Å²) in [6.07, 6.45) is 0.713. The number of amides is 2. The number of benzene rings is 2. The minimum Gasteiger partial charge on any atom is -0.493 e. The maximum absolute atomic E-state index is 13.0. The van der Waals surface area contributed by atoms with Crippen LogP contribution < -0.4 is 10.1 Å². The molecule has 0 spiro atoms. The summed E-state index contributed by atoms with van der Waals surface area (Å²) >= 11 is 0. The van der Waals surface area contributed by atoms with Crippen molar-refractivity contribution >= 4 is 23.1 Å². The summed E-state index contributed by atoms with van der Waals surface area (Å²) in [7, 11) is 0.